The standard InChI is InChI=1S/C19H18Cl2N2O3S/c20-12-7-8-14(15(21)10-12)18(24)23-19(27)22-16-5-1-2-6-17(16)26-11-13-4-3-9-25-13/h1-2,5-8,10,13H,3-4,9,11H2,(H2,22,23,24,27). The molecular weight excluding hydrogens is 407 g/mol. The highest BCUT2D eigenvalue weighted by Gasteiger charge is 2.17. The summed E-state index contributed by atoms with van der Waals surface area (Å²) in [5.41, 5.74) is 0.941. The van der Waals surface area contributed by atoms with Crippen molar-refractivity contribution >= 4 is 52.1 Å². The second kappa shape index (κ2) is 9.37. The average molecular weight is 425 g/mol. The van der Waals surface area contributed by atoms with Gasteiger partial charge in [0.2, 0.25) is 0 Å². The molecule has 0 saturated carbocycles. The molecule has 2 aromatic rings. The molecule has 3 rings (SSSR count). The van der Waals surface area contributed by atoms with Gasteiger partial charge in [0.15, 0.2) is 5.11 Å². The van der Waals surface area contributed by atoms with Crippen LogP contribution < -0.4 is 15.4 Å². The molecule has 1 fully saturated rings. The first-order valence-electron chi connectivity index (χ1n) is 8.44. The van der Waals surface area contributed by atoms with Crippen molar-refractivity contribution in [1.82, 2.24) is 5.32 Å². The van der Waals surface area contributed by atoms with Crippen molar-refractivity contribution in [3.63, 3.8) is 0 Å². The Bertz CT molecular complexity index is 841. The van der Waals surface area contributed by atoms with E-state index in [2.05, 4.69) is 10.6 Å². The van der Waals surface area contributed by atoms with Gasteiger partial charge in [0.05, 0.1) is 22.4 Å². The van der Waals surface area contributed by atoms with E-state index in [4.69, 9.17) is 44.9 Å². The summed E-state index contributed by atoms with van der Waals surface area (Å²) in [6.07, 6.45) is 2.15. The van der Waals surface area contributed by atoms with E-state index in [1.54, 1.807) is 12.1 Å². The zero-order chi connectivity index (χ0) is 19.2. The van der Waals surface area contributed by atoms with Crippen LogP contribution in [0.2, 0.25) is 10.0 Å². The van der Waals surface area contributed by atoms with Gasteiger partial charge in [-0.25, -0.2) is 0 Å². The maximum absolute atomic E-state index is 12.3. The minimum absolute atomic E-state index is 0.108. The molecule has 0 radical (unpaired) electrons. The van der Waals surface area contributed by atoms with Crippen LogP contribution in [0.15, 0.2) is 42.5 Å². The lowest BCUT2D eigenvalue weighted by molar-refractivity contribution is 0.0682. The van der Waals surface area contributed by atoms with Crippen molar-refractivity contribution in [1.29, 1.82) is 0 Å². The second-order valence-electron chi connectivity index (χ2n) is 5.97. The van der Waals surface area contributed by atoms with Crippen LogP contribution in [-0.2, 0) is 4.74 Å². The molecule has 27 heavy (non-hydrogen) atoms. The molecule has 1 saturated heterocycles. The lowest BCUT2D eigenvalue weighted by Gasteiger charge is -2.16. The van der Waals surface area contributed by atoms with Gasteiger partial charge in [-0.3, -0.25) is 10.1 Å². The highest BCUT2D eigenvalue weighted by atomic mass is 35.5. The van der Waals surface area contributed by atoms with E-state index in [1.165, 1.54) is 6.07 Å². The summed E-state index contributed by atoms with van der Waals surface area (Å²) in [7, 11) is 0. The number of halogens is 2. The zero-order valence-corrected chi connectivity index (χ0v) is 16.7. The molecule has 2 aromatic carbocycles. The highest BCUT2D eigenvalue weighted by Crippen LogP contribution is 2.25. The maximum atomic E-state index is 12.3. The van der Waals surface area contributed by atoms with Crippen molar-refractivity contribution in [2.75, 3.05) is 18.5 Å². The van der Waals surface area contributed by atoms with Gasteiger partial charge in [-0.1, -0.05) is 35.3 Å². The molecule has 1 heterocycles. The lowest BCUT2D eigenvalue weighted by Crippen LogP contribution is -2.34. The number of ether oxygens (including phenoxy) is 2. The number of anilines is 1. The third-order valence-corrected chi connectivity index (χ3v) is 4.74. The molecule has 2 N–H and O–H groups in total. The van der Waals surface area contributed by atoms with E-state index in [0.29, 0.717) is 23.1 Å². The number of amides is 1. The van der Waals surface area contributed by atoms with Crippen LogP contribution in [0.4, 0.5) is 5.69 Å². The summed E-state index contributed by atoms with van der Waals surface area (Å²) in [6.45, 7) is 1.25. The van der Waals surface area contributed by atoms with Crippen molar-refractivity contribution in [2.45, 2.75) is 18.9 Å². The summed E-state index contributed by atoms with van der Waals surface area (Å²) in [6, 6.07) is 12.0. The number of para-hydroxylation sites is 2. The molecule has 1 unspecified atom stereocenters. The number of carbonyl (C=O) groups excluding carboxylic acids is 1. The lowest BCUT2D eigenvalue weighted by atomic mass is 10.2. The third kappa shape index (κ3) is 5.56. The Labute approximate surface area is 172 Å². The predicted octanol–water partition coefficient (Wildman–Crippen LogP) is 4.68. The van der Waals surface area contributed by atoms with Gasteiger partial charge < -0.3 is 14.8 Å². The maximum Gasteiger partial charge on any atom is 0.258 e. The number of carbonyl (C=O) groups is 1. The van der Waals surface area contributed by atoms with Crippen LogP contribution in [0.25, 0.3) is 0 Å². The molecule has 0 spiro atoms. The number of rotatable bonds is 5. The Hall–Kier alpha value is -1.86. The molecule has 0 aliphatic carbocycles. The van der Waals surface area contributed by atoms with Gasteiger partial charge in [-0.2, -0.15) is 0 Å². The number of benzene rings is 2. The van der Waals surface area contributed by atoms with Crippen LogP contribution in [-0.4, -0.2) is 30.3 Å². The average Bonchev–Trinajstić information content (AvgIpc) is 3.14. The van der Waals surface area contributed by atoms with Crippen LogP contribution in [0.5, 0.6) is 5.75 Å². The van der Waals surface area contributed by atoms with Gasteiger partial charge >= 0.3 is 0 Å². The second-order valence-corrected chi connectivity index (χ2v) is 7.23. The molecule has 0 bridgehead atoms. The van der Waals surface area contributed by atoms with Gasteiger partial charge in [-0.15, -0.1) is 0 Å². The third-order valence-electron chi connectivity index (χ3n) is 3.99. The monoisotopic (exact) mass is 424 g/mol. The van der Waals surface area contributed by atoms with Gasteiger partial charge in [0.25, 0.3) is 5.91 Å². The van der Waals surface area contributed by atoms with E-state index in [-0.39, 0.29) is 21.8 Å². The molecule has 1 aliphatic rings. The minimum Gasteiger partial charge on any atom is -0.489 e. The van der Waals surface area contributed by atoms with Gasteiger partial charge in [0, 0.05) is 11.6 Å². The number of nitrogens with one attached hydrogen (secondary N) is 2. The van der Waals surface area contributed by atoms with E-state index >= 15 is 0 Å². The van der Waals surface area contributed by atoms with Crippen molar-refractivity contribution in [2.24, 2.45) is 0 Å². The summed E-state index contributed by atoms with van der Waals surface area (Å²) in [5.74, 6) is 0.209. The summed E-state index contributed by atoms with van der Waals surface area (Å²) < 4.78 is 11.4. The fourth-order valence-corrected chi connectivity index (χ4v) is 3.35. The van der Waals surface area contributed by atoms with Gasteiger partial charge in [-0.05, 0) is 55.4 Å². The van der Waals surface area contributed by atoms with Crippen LogP contribution in [0.1, 0.15) is 23.2 Å². The fourth-order valence-electron chi connectivity index (χ4n) is 2.65. The number of hydrogen-bond acceptors (Lipinski definition) is 4. The predicted molar refractivity (Wildman–Crippen MR) is 111 cm³/mol. The van der Waals surface area contributed by atoms with E-state index in [1.807, 2.05) is 24.3 Å². The highest BCUT2D eigenvalue weighted by molar-refractivity contribution is 7.80. The molecule has 1 atom stereocenters. The first-order valence-corrected chi connectivity index (χ1v) is 9.60. The molecule has 1 amide bonds. The largest absolute Gasteiger partial charge is 0.489 e. The zero-order valence-electron chi connectivity index (χ0n) is 14.3. The Morgan fingerprint density at radius 2 is 2.07 bits per heavy atom. The Balaban J connectivity index is 1.61. The van der Waals surface area contributed by atoms with E-state index in [0.717, 1.165) is 19.4 Å². The molecule has 5 nitrogen and oxygen atoms in total. The van der Waals surface area contributed by atoms with Crippen LogP contribution in [0.3, 0.4) is 0 Å². The smallest absolute Gasteiger partial charge is 0.258 e. The van der Waals surface area contributed by atoms with Crippen LogP contribution >= 0.6 is 35.4 Å². The topological polar surface area (TPSA) is 59.6 Å². The molecule has 8 heteroatoms. The van der Waals surface area contributed by atoms with Crippen molar-refractivity contribution in [3.05, 3.63) is 58.1 Å². The summed E-state index contributed by atoms with van der Waals surface area (Å²) >= 11 is 17.1. The molecule has 142 valence electrons. The quantitative estimate of drug-likeness (QED) is 0.682. The number of hydrogen-bond donors (Lipinski definition) is 2. The molecular formula is C19H18Cl2N2O3S. The first-order chi connectivity index (χ1) is 13.0. The Morgan fingerprint density at radius 3 is 2.81 bits per heavy atom. The first kappa shape index (κ1) is 19.9. The normalized spacial score (nSPS) is 16.0. The van der Waals surface area contributed by atoms with Crippen molar-refractivity contribution in [3.8, 4) is 5.75 Å². The fraction of sp³-hybridized carbons (Fsp3) is 0.263. The molecule has 1 aliphatic heterocycles. The summed E-state index contributed by atoms with van der Waals surface area (Å²) in [4.78, 5) is 12.3. The summed E-state index contributed by atoms with van der Waals surface area (Å²) in [5, 5.41) is 6.43. The molecule has 0 aromatic heterocycles. The number of thiocarbonyl (C=S) groups is 1. The minimum atomic E-state index is -0.424. The van der Waals surface area contributed by atoms with E-state index < -0.39 is 5.91 Å². The van der Waals surface area contributed by atoms with Crippen molar-refractivity contribution < 1.29 is 14.3 Å². The SMILES string of the molecule is O=C(NC(=S)Nc1ccccc1OCC1CCCO1)c1ccc(Cl)cc1Cl. The Morgan fingerprint density at radius 1 is 1.26 bits per heavy atom. The van der Waals surface area contributed by atoms with E-state index in [9.17, 15) is 4.79 Å². The Kier molecular flexibility index (Phi) is 6.90. The van der Waals surface area contributed by atoms with Gasteiger partial charge in [0.1, 0.15) is 12.4 Å². The van der Waals surface area contributed by atoms with Crippen LogP contribution in [0, 0.1) is 0 Å².